The van der Waals surface area contributed by atoms with Gasteiger partial charge in [0.1, 0.15) is 33.5 Å². The molecule has 0 aliphatic heterocycles. The topological polar surface area (TPSA) is 54.1 Å². The number of fused-ring (bicyclic) bond motifs is 39. The van der Waals surface area contributed by atoms with Gasteiger partial charge in [-0.15, -0.1) is 11.3 Å². The Morgan fingerprint density at radius 1 is 0.208 bits per heavy atom. The predicted octanol–water partition coefficient (Wildman–Crippen LogP) is 39.2. The van der Waals surface area contributed by atoms with Gasteiger partial charge < -0.3 is 32.5 Å². The zero-order chi connectivity index (χ0) is 97.5. The maximum absolute atomic E-state index is 6.46. The van der Waals surface area contributed by atoms with E-state index in [1.807, 2.05) is 29.5 Å². The summed E-state index contributed by atoms with van der Waals surface area (Å²) in [5.74, 6) is 4.65. The van der Waals surface area contributed by atoms with E-state index in [0.717, 1.165) is 118 Å². The number of rotatable bonds is 12. The first-order valence-electron chi connectivity index (χ1n) is 53.9. The molecule has 0 amide bonds. The lowest BCUT2D eigenvalue weighted by atomic mass is 9.67. The fraction of sp³-hybridized carbons (Fsp3) is 0.149. The summed E-state index contributed by atoms with van der Waals surface area (Å²) in [6.45, 7) is 0. The van der Waals surface area contributed by atoms with E-state index in [0.29, 0.717) is 11.8 Å². The Labute approximate surface area is 868 Å². The van der Waals surface area contributed by atoms with E-state index in [-0.39, 0.29) is 16.2 Å². The maximum Gasteiger partial charge on any atom is 0.137 e. The number of hydrogen-bond donors (Lipinski definition) is 0. The molecule has 6 bridgehead atoms. The molecule has 8 heteroatoms. The van der Waals surface area contributed by atoms with Gasteiger partial charge in [0.25, 0.3) is 0 Å². The summed E-state index contributed by atoms with van der Waals surface area (Å²) in [4.78, 5) is 7.33. The minimum Gasteiger partial charge on any atom is -0.456 e. The van der Waals surface area contributed by atoms with Gasteiger partial charge in [-0.3, -0.25) is 0 Å². The Morgan fingerprint density at radius 2 is 0.497 bits per heavy atom. The molecule has 0 saturated heterocycles. The van der Waals surface area contributed by atoms with E-state index in [4.69, 9.17) is 13.3 Å². The smallest absolute Gasteiger partial charge is 0.137 e. The quantitative estimate of drug-likeness (QED) is 0.121. The number of nitrogens with zero attached hydrogens (tertiary/aromatic N) is 4. The van der Waals surface area contributed by atoms with E-state index in [1.165, 1.54) is 214 Å². The Balaban J connectivity index is 0.0000000990. The molecule has 0 N–H and O–H groups in total. The Bertz CT molecular complexity index is 9640. The average Bonchev–Trinajstić information content (AvgIpc) is 1.53. The van der Waals surface area contributed by atoms with Crippen LogP contribution in [0.1, 0.15) is 110 Å². The van der Waals surface area contributed by atoms with Crippen molar-refractivity contribution in [2.24, 2.45) is 35.5 Å². The van der Waals surface area contributed by atoms with Crippen molar-refractivity contribution in [3.8, 4) is 61.3 Å². The lowest BCUT2D eigenvalue weighted by Gasteiger charge is -2.37. The first kappa shape index (κ1) is 85.5. The van der Waals surface area contributed by atoms with Crippen molar-refractivity contribution in [1.29, 1.82) is 0 Å². The number of anilines is 9. The monoisotopic (exact) mass is 1930 g/mol. The molecule has 6 saturated carbocycles. The highest BCUT2D eigenvalue weighted by Gasteiger charge is 2.60. The van der Waals surface area contributed by atoms with Crippen LogP contribution in [0.2, 0.25) is 0 Å². The SMILES string of the molecule is c1ccc(-c2ccc(-c3ccc(N(c4ccc5c(c4)C4(CC6CCC4C6)c4ccccc4-5)c4ccc5c(c4)sc4ccccc45)cc3)cc2)cc1.c1ccc2c(c1)-c1ccc(N(c3ccc(-n4c5ccccc5c5ccccc54)cc3)c3ccc4c(c3)oc3ccccc34)cc1C21CC2CCC1C2.c1ccc2c(c1)-c1ccc(N(c3ccc4c(c3)oc3ccccc34)c3ccc4c(c3)oc3ccccc34)cc1C21CC2CCC1C2. The molecular weight excluding hydrogens is 1830 g/mol. The van der Waals surface area contributed by atoms with Crippen LogP contribution in [-0.4, -0.2) is 4.57 Å². The van der Waals surface area contributed by atoms with Gasteiger partial charge in [-0.1, -0.05) is 292 Å². The average molecular weight is 1930 g/mol. The fourth-order valence-corrected chi connectivity index (χ4v) is 31.7. The molecule has 9 aliphatic rings. The number of hydrogen-bond acceptors (Lipinski definition) is 7. The van der Waals surface area contributed by atoms with E-state index in [2.05, 4.69) is 450 Å². The molecule has 3 spiro atoms. The largest absolute Gasteiger partial charge is 0.456 e. The van der Waals surface area contributed by atoms with Gasteiger partial charge in [0.15, 0.2) is 0 Å². The second-order valence-corrected chi connectivity index (χ2v) is 45.1. The predicted molar refractivity (Wildman–Crippen MR) is 618 cm³/mol. The second kappa shape index (κ2) is 33.1. The molecule has 25 aromatic rings. The van der Waals surface area contributed by atoms with Crippen LogP contribution >= 0.6 is 11.3 Å². The molecule has 34 rings (SSSR count). The summed E-state index contributed by atoms with van der Waals surface area (Å²) >= 11 is 1.89. The Kier molecular flexibility index (Phi) is 19.0. The van der Waals surface area contributed by atoms with Crippen LogP contribution in [0.4, 0.5) is 51.2 Å². The third-order valence-electron chi connectivity index (χ3n) is 36.7. The van der Waals surface area contributed by atoms with Crippen molar-refractivity contribution < 1.29 is 13.3 Å². The van der Waals surface area contributed by atoms with Gasteiger partial charge in [-0.05, 0) is 340 Å². The lowest BCUT2D eigenvalue weighted by molar-refractivity contribution is 0.327. The summed E-state index contributed by atoms with van der Waals surface area (Å²) in [5.41, 5.74) is 42.5. The van der Waals surface area contributed by atoms with Gasteiger partial charge in [0.2, 0.25) is 0 Å². The second-order valence-electron chi connectivity index (χ2n) is 44.0. The van der Waals surface area contributed by atoms with Crippen molar-refractivity contribution in [2.45, 2.75) is 93.3 Å². The van der Waals surface area contributed by atoms with Crippen molar-refractivity contribution in [3.05, 3.63) is 482 Å². The third kappa shape index (κ3) is 13.0. The number of furan rings is 3. The zero-order valence-corrected chi connectivity index (χ0v) is 83.4. The highest BCUT2D eigenvalue weighted by atomic mass is 32.1. The number of benzene rings is 20. The number of para-hydroxylation sites is 5. The minimum atomic E-state index is 0.111. The first-order chi connectivity index (χ1) is 73.7. The summed E-state index contributed by atoms with van der Waals surface area (Å²) in [6.07, 6.45) is 16.1. The van der Waals surface area contributed by atoms with Crippen LogP contribution in [-0.2, 0) is 16.2 Å². The highest BCUT2D eigenvalue weighted by molar-refractivity contribution is 7.25. The van der Waals surface area contributed by atoms with Gasteiger partial charge in [-0.25, -0.2) is 0 Å². The molecule has 5 heterocycles. The molecule has 149 heavy (non-hydrogen) atoms. The van der Waals surface area contributed by atoms with E-state index >= 15 is 0 Å². The molecule has 9 unspecified atom stereocenters. The van der Waals surface area contributed by atoms with Crippen molar-refractivity contribution in [1.82, 2.24) is 4.57 Å². The van der Waals surface area contributed by atoms with Crippen LogP contribution < -0.4 is 14.7 Å². The Hall–Kier alpha value is -16.8. The van der Waals surface area contributed by atoms with Crippen LogP contribution in [0.25, 0.3) is 169 Å². The van der Waals surface area contributed by atoms with Gasteiger partial charge in [-0.2, -0.15) is 0 Å². The number of thiophene rings is 1. The maximum atomic E-state index is 6.46. The van der Waals surface area contributed by atoms with Crippen molar-refractivity contribution in [2.75, 3.05) is 14.7 Å². The van der Waals surface area contributed by atoms with E-state index < -0.39 is 0 Å². The van der Waals surface area contributed by atoms with Crippen LogP contribution in [0, 0.1) is 35.5 Å². The summed E-state index contributed by atoms with van der Waals surface area (Å²) < 4.78 is 24.3. The normalized spacial score (nSPS) is 20.4. The van der Waals surface area contributed by atoms with Crippen molar-refractivity contribution >= 4 is 170 Å². The molecule has 9 atom stereocenters. The van der Waals surface area contributed by atoms with Crippen LogP contribution in [0.5, 0.6) is 0 Å². The summed E-state index contributed by atoms with van der Waals surface area (Å²) in [5, 5.41) is 12.1. The zero-order valence-electron chi connectivity index (χ0n) is 82.6. The van der Waals surface area contributed by atoms with Gasteiger partial charge in [0, 0.05) is 155 Å². The lowest BCUT2D eigenvalue weighted by Crippen LogP contribution is -2.32. The number of aromatic nitrogens is 1. The van der Waals surface area contributed by atoms with E-state index in [1.54, 1.807) is 22.3 Å². The first-order valence-corrected chi connectivity index (χ1v) is 54.7. The molecule has 7 nitrogen and oxygen atoms in total. The molecule has 712 valence electrons. The molecular formula is C141H104N4O3S. The fourth-order valence-electron chi connectivity index (χ4n) is 30.5. The van der Waals surface area contributed by atoms with Crippen LogP contribution in [0.3, 0.4) is 0 Å². The summed E-state index contributed by atoms with van der Waals surface area (Å²) in [7, 11) is 0. The molecule has 20 aromatic carbocycles. The minimum absolute atomic E-state index is 0.111. The molecule has 9 aliphatic carbocycles. The third-order valence-corrected chi connectivity index (χ3v) is 37.9. The summed E-state index contributed by atoms with van der Waals surface area (Å²) in [6, 6.07) is 166. The standard InChI is InChI=1S/C49H36N2O.C49H37NS.C43H31NO2/c1-5-13-43-37(9-1)38-25-23-35(28-44(38)49(43)30-31-17-18-32(49)27-31)50(36-24-26-42-41-12-4-8-16-47(41)52-48(42)29-36)33-19-21-34(22-20-33)51-45-14-6-2-10-39(45)40-11-3-7-15-46(40)51;1-2-8-33(9-3-1)34-15-17-35(18-16-34)36-19-22-38(23-20-36)50(40-25-27-44-43-11-5-7-13-47(43)51-48(44)30-40)39-24-26-42-41-10-4-6-12-45(41)49(46(42)29-39)31-32-14-21-37(49)28-32;1-4-10-37-31(7-1)32-18-15-28(22-38(32)43(37)25-26-13-14-27(43)21-26)44(29-16-19-35-33-8-2-5-11-39(33)45-41(35)23-29)30-17-20-36-34-9-3-6-12-40(34)46-42(36)24-30/h1-16,19-26,28-29,31-32H,17-18,27,30H2;1-13,15-20,22-27,29-30,32,37H,14,21,28,31H2;1-12,15-20,22-24,26-27H,13-14,21,25H2. The Morgan fingerprint density at radius 3 is 0.899 bits per heavy atom. The molecule has 0 radical (unpaired) electrons. The van der Waals surface area contributed by atoms with E-state index in [9.17, 15) is 0 Å². The molecule has 6 fully saturated rings. The molecule has 5 aromatic heterocycles. The highest BCUT2D eigenvalue weighted by Crippen LogP contribution is 2.70. The van der Waals surface area contributed by atoms with Crippen LogP contribution in [0.15, 0.2) is 462 Å². The van der Waals surface area contributed by atoms with Gasteiger partial charge in [0.05, 0.1) is 11.0 Å². The van der Waals surface area contributed by atoms with Crippen molar-refractivity contribution in [3.63, 3.8) is 0 Å². The van der Waals surface area contributed by atoms with Gasteiger partial charge >= 0.3 is 0 Å².